The Morgan fingerprint density at radius 1 is 1.50 bits per heavy atom. The molecule has 0 fully saturated rings. The quantitative estimate of drug-likeness (QED) is 0.662. The van der Waals surface area contributed by atoms with Crippen molar-refractivity contribution in [1.82, 2.24) is 4.57 Å². The lowest BCUT2D eigenvalue weighted by molar-refractivity contribution is 0.0991. The Morgan fingerprint density at radius 2 is 2.43 bits per heavy atom. The number of aliphatic imine (C=N–C) groups is 1. The van der Waals surface area contributed by atoms with Gasteiger partial charge in [-0.3, -0.25) is 4.79 Å². The van der Waals surface area contributed by atoms with Gasteiger partial charge in [0.25, 0.3) is 5.91 Å². The van der Waals surface area contributed by atoms with E-state index in [1.807, 2.05) is 22.8 Å². The average Bonchev–Trinajstić information content (AvgIpc) is 2.59. The lowest BCUT2D eigenvalue weighted by Gasteiger charge is -2.13. The van der Waals surface area contributed by atoms with Crippen molar-refractivity contribution in [3.63, 3.8) is 0 Å². The third-order valence-corrected chi connectivity index (χ3v) is 2.52. The number of nitrogens with one attached hydrogen (secondary N) is 1. The summed E-state index contributed by atoms with van der Waals surface area (Å²) in [6, 6.07) is 1.87. The minimum atomic E-state index is -0.152. The van der Waals surface area contributed by atoms with Crippen LogP contribution in [-0.2, 0) is 6.54 Å². The number of carbonyl (C=O) groups is 1. The maximum absolute atomic E-state index is 11.4. The molecule has 1 aromatic rings. The van der Waals surface area contributed by atoms with Crippen molar-refractivity contribution in [2.45, 2.75) is 6.54 Å². The summed E-state index contributed by atoms with van der Waals surface area (Å²) >= 11 is 0. The number of anilines is 1. The molecule has 0 saturated carbocycles. The summed E-state index contributed by atoms with van der Waals surface area (Å²) in [6.07, 6.45) is 5.74. The highest BCUT2D eigenvalue weighted by Gasteiger charge is 2.20. The second-order valence-corrected chi connectivity index (χ2v) is 3.34. The van der Waals surface area contributed by atoms with Crippen LogP contribution in [-0.4, -0.2) is 23.2 Å². The predicted molar refractivity (Wildman–Crippen MR) is 54.8 cm³/mol. The maximum Gasteiger partial charge on any atom is 0.293 e. The van der Waals surface area contributed by atoms with Gasteiger partial charge in [0.2, 0.25) is 0 Å². The van der Waals surface area contributed by atoms with Crippen LogP contribution in [0.2, 0.25) is 0 Å². The molecule has 0 aliphatic carbocycles. The second-order valence-electron chi connectivity index (χ2n) is 3.34. The van der Waals surface area contributed by atoms with Crippen LogP contribution in [0.1, 0.15) is 16.2 Å². The number of rotatable bonds is 0. The van der Waals surface area contributed by atoms with Crippen molar-refractivity contribution in [3.05, 3.63) is 23.5 Å². The summed E-state index contributed by atoms with van der Waals surface area (Å²) in [5.41, 5.74) is 2.78. The molecule has 2 aliphatic heterocycles. The van der Waals surface area contributed by atoms with Crippen molar-refractivity contribution >= 4 is 23.9 Å². The van der Waals surface area contributed by atoms with Gasteiger partial charge in [0.1, 0.15) is 5.69 Å². The summed E-state index contributed by atoms with van der Waals surface area (Å²) in [6.45, 7) is 1.51. The van der Waals surface area contributed by atoms with Gasteiger partial charge in [-0.15, -0.1) is 0 Å². The first-order chi connectivity index (χ1) is 6.86. The third-order valence-electron chi connectivity index (χ3n) is 2.52. The van der Waals surface area contributed by atoms with E-state index in [2.05, 4.69) is 10.3 Å². The molecule has 0 saturated heterocycles. The molecule has 0 aromatic carbocycles. The molecule has 0 atom stereocenters. The van der Waals surface area contributed by atoms with E-state index in [-0.39, 0.29) is 5.91 Å². The average molecular weight is 187 g/mol. The first-order valence-corrected chi connectivity index (χ1v) is 4.57. The zero-order valence-electron chi connectivity index (χ0n) is 7.53. The summed E-state index contributed by atoms with van der Waals surface area (Å²) in [7, 11) is 0. The predicted octanol–water partition coefficient (Wildman–Crippen LogP) is 1.15. The molecule has 4 nitrogen and oxygen atoms in total. The van der Waals surface area contributed by atoms with Gasteiger partial charge in [-0.25, -0.2) is 4.99 Å². The van der Waals surface area contributed by atoms with E-state index in [9.17, 15) is 4.79 Å². The van der Waals surface area contributed by atoms with E-state index >= 15 is 0 Å². The van der Waals surface area contributed by atoms with Crippen LogP contribution in [0.5, 0.6) is 0 Å². The summed E-state index contributed by atoms with van der Waals surface area (Å²) in [5.74, 6) is -0.152. The summed E-state index contributed by atoms with van der Waals surface area (Å²) in [4.78, 5) is 15.2. The van der Waals surface area contributed by atoms with Crippen LogP contribution in [0.4, 0.5) is 5.69 Å². The molecular formula is C10H9N3O. The smallest absolute Gasteiger partial charge is 0.293 e. The van der Waals surface area contributed by atoms with Gasteiger partial charge >= 0.3 is 0 Å². The minimum absolute atomic E-state index is 0.152. The van der Waals surface area contributed by atoms with Gasteiger partial charge in [-0.1, -0.05) is 6.08 Å². The third kappa shape index (κ3) is 0.878. The van der Waals surface area contributed by atoms with Crippen molar-refractivity contribution < 1.29 is 4.79 Å². The van der Waals surface area contributed by atoms with E-state index < -0.39 is 0 Å². The molecule has 14 heavy (non-hydrogen) atoms. The van der Waals surface area contributed by atoms with E-state index in [0.29, 0.717) is 12.2 Å². The van der Waals surface area contributed by atoms with Crippen LogP contribution in [0.25, 0.3) is 6.08 Å². The second kappa shape index (κ2) is 2.57. The zero-order valence-corrected chi connectivity index (χ0v) is 7.53. The van der Waals surface area contributed by atoms with E-state index in [0.717, 1.165) is 17.9 Å². The fraction of sp³-hybridized carbons (Fsp3) is 0.200. The summed E-state index contributed by atoms with van der Waals surface area (Å²) < 4.78 is 1.98. The van der Waals surface area contributed by atoms with Crippen LogP contribution >= 0.6 is 0 Å². The molecule has 2 aliphatic rings. The van der Waals surface area contributed by atoms with Gasteiger partial charge in [0, 0.05) is 12.8 Å². The molecule has 0 bridgehead atoms. The van der Waals surface area contributed by atoms with Gasteiger partial charge in [-0.2, -0.15) is 0 Å². The zero-order chi connectivity index (χ0) is 9.54. The van der Waals surface area contributed by atoms with Gasteiger partial charge < -0.3 is 9.88 Å². The number of amides is 1. The highest BCUT2D eigenvalue weighted by Crippen LogP contribution is 2.26. The van der Waals surface area contributed by atoms with Crippen molar-refractivity contribution in [2.24, 2.45) is 4.99 Å². The van der Waals surface area contributed by atoms with Gasteiger partial charge in [-0.05, 0) is 12.1 Å². The Morgan fingerprint density at radius 3 is 3.36 bits per heavy atom. The number of hydrogen-bond acceptors (Lipinski definition) is 2. The van der Waals surface area contributed by atoms with Crippen LogP contribution in [0, 0.1) is 0 Å². The normalized spacial score (nSPS) is 17.6. The molecular weight excluding hydrogens is 178 g/mol. The fourth-order valence-electron chi connectivity index (χ4n) is 1.87. The molecule has 4 heteroatoms. The van der Waals surface area contributed by atoms with Gasteiger partial charge in [0.05, 0.1) is 17.9 Å². The fourth-order valence-corrected chi connectivity index (χ4v) is 1.87. The molecule has 0 unspecified atom stereocenters. The SMILES string of the molecule is O=C1N=CCn2c1cc1c2C=CCN1. The lowest BCUT2D eigenvalue weighted by Crippen LogP contribution is -2.16. The first kappa shape index (κ1) is 7.55. The number of fused-ring (bicyclic) bond motifs is 3. The standard InChI is InChI=1S/C10H9N3O/c14-10-9-6-7-8(2-1-3-11-7)13(9)5-4-12-10/h1-2,4,6,11H,3,5H2. The van der Waals surface area contributed by atoms with Crippen LogP contribution < -0.4 is 5.32 Å². The highest BCUT2D eigenvalue weighted by molar-refractivity contribution is 6.01. The van der Waals surface area contributed by atoms with E-state index in [4.69, 9.17) is 0 Å². The molecule has 1 N–H and O–H groups in total. The maximum atomic E-state index is 11.4. The largest absolute Gasteiger partial charge is 0.380 e. The van der Waals surface area contributed by atoms with Crippen LogP contribution in [0.15, 0.2) is 17.1 Å². The van der Waals surface area contributed by atoms with E-state index in [1.165, 1.54) is 0 Å². The Labute approximate surface area is 80.9 Å². The number of nitrogens with zero attached hydrogens (tertiary/aromatic N) is 2. The molecule has 3 heterocycles. The van der Waals surface area contributed by atoms with E-state index in [1.54, 1.807) is 6.21 Å². The Hall–Kier alpha value is -1.84. The molecule has 0 radical (unpaired) electrons. The Bertz CT molecular complexity index is 468. The number of carbonyl (C=O) groups excluding carboxylic acids is 1. The van der Waals surface area contributed by atoms with Crippen molar-refractivity contribution in [3.8, 4) is 0 Å². The molecule has 1 aromatic heterocycles. The Balaban J connectivity index is 2.24. The van der Waals surface area contributed by atoms with Crippen LogP contribution in [0.3, 0.4) is 0 Å². The monoisotopic (exact) mass is 187 g/mol. The minimum Gasteiger partial charge on any atom is -0.380 e. The number of aromatic nitrogens is 1. The van der Waals surface area contributed by atoms with Gasteiger partial charge in [0.15, 0.2) is 0 Å². The molecule has 70 valence electrons. The topological polar surface area (TPSA) is 46.4 Å². The first-order valence-electron chi connectivity index (χ1n) is 4.57. The molecule has 0 spiro atoms. The Kier molecular flexibility index (Phi) is 1.39. The lowest BCUT2D eigenvalue weighted by atomic mass is 10.2. The number of hydrogen-bond donors (Lipinski definition) is 1. The molecule has 3 rings (SSSR count). The van der Waals surface area contributed by atoms with Crippen molar-refractivity contribution in [2.75, 3.05) is 11.9 Å². The van der Waals surface area contributed by atoms with Crippen molar-refractivity contribution in [1.29, 1.82) is 0 Å². The molecule has 1 amide bonds. The highest BCUT2D eigenvalue weighted by atomic mass is 16.1. The summed E-state index contributed by atoms with van der Waals surface area (Å²) in [5, 5.41) is 3.22.